The van der Waals surface area contributed by atoms with E-state index in [-0.39, 0.29) is 12.5 Å². The number of thiol groups is 1. The molecule has 1 atom stereocenters. The van der Waals surface area contributed by atoms with Crippen LogP contribution in [-0.2, 0) is 20.9 Å². The van der Waals surface area contributed by atoms with Gasteiger partial charge in [-0.15, -0.1) is 19.1 Å². The molecule has 0 bridgehead atoms. The van der Waals surface area contributed by atoms with Crippen molar-refractivity contribution < 1.29 is 19.0 Å². The molecule has 5 nitrogen and oxygen atoms in total. The lowest BCUT2D eigenvalue weighted by molar-refractivity contribution is -0.134. The Kier molecular flexibility index (Phi) is 8.06. The lowest BCUT2D eigenvalue weighted by Crippen LogP contribution is -2.42. The molecule has 0 aliphatic heterocycles. The molecule has 148 valence electrons. The van der Waals surface area contributed by atoms with Gasteiger partial charge in [-0.3, -0.25) is 4.79 Å². The molecular weight excluding hydrogens is 398 g/mol. The first-order valence-electron chi connectivity index (χ1n) is 8.49. The van der Waals surface area contributed by atoms with Crippen molar-refractivity contribution in [1.82, 2.24) is 5.32 Å². The molecule has 2 aromatic carbocycles. The predicted molar refractivity (Wildman–Crippen MR) is 113 cm³/mol. The van der Waals surface area contributed by atoms with Gasteiger partial charge in [-0.2, -0.15) is 0 Å². The molecule has 0 aromatic heterocycles. The van der Waals surface area contributed by atoms with E-state index in [2.05, 4.69) is 23.9 Å². The summed E-state index contributed by atoms with van der Waals surface area (Å²) in [6.07, 6.45) is 5.80. The average Bonchev–Trinajstić information content (AvgIpc) is 2.72. The van der Waals surface area contributed by atoms with Crippen molar-refractivity contribution in [2.45, 2.75) is 11.4 Å². The molecule has 7 heteroatoms. The van der Waals surface area contributed by atoms with Gasteiger partial charge in [0.15, 0.2) is 11.5 Å². The largest absolute Gasteiger partial charge is 0.493 e. The Bertz CT molecular complexity index is 850. The zero-order chi connectivity index (χ0) is 20.6. The molecule has 1 unspecified atom stereocenters. The Hall–Kier alpha value is -2.33. The van der Waals surface area contributed by atoms with Crippen molar-refractivity contribution in [2.24, 2.45) is 0 Å². The van der Waals surface area contributed by atoms with Gasteiger partial charge in [0.2, 0.25) is 4.93 Å². The molecule has 1 N–H and O–H groups in total. The van der Waals surface area contributed by atoms with Crippen molar-refractivity contribution in [3.05, 3.63) is 58.6 Å². The number of methoxy groups -OCH3 is 2. The first-order valence-corrected chi connectivity index (χ1v) is 9.32. The third-order valence-corrected chi connectivity index (χ3v) is 4.97. The molecule has 0 aliphatic carbocycles. The van der Waals surface area contributed by atoms with Crippen molar-refractivity contribution >= 4 is 30.1 Å². The summed E-state index contributed by atoms with van der Waals surface area (Å²) in [5.74, 6) is 3.21. The number of ether oxygens (including phenoxy) is 3. The summed E-state index contributed by atoms with van der Waals surface area (Å²) in [6.45, 7) is 0.559. The van der Waals surface area contributed by atoms with E-state index < -0.39 is 4.93 Å². The Labute approximate surface area is 175 Å². The van der Waals surface area contributed by atoms with Crippen LogP contribution < -0.4 is 14.8 Å². The molecule has 2 aromatic rings. The topological polar surface area (TPSA) is 56.8 Å². The van der Waals surface area contributed by atoms with E-state index in [9.17, 15) is 4.79 Å². The number of carbonyl (C=O) groups is 1. The van der Waals surface area contributed by atoms with Crippen molar-refractivity contribution in [3.63, 3.8) is 0 Å². The minimum Gasteiger partial charge on any atom is -0.493 e. The van der Waals surface area contributed by atoms with Crippen LogP contribution in [0.5, 0.6) is 11.5 Å². The van der Waals surface area contributed by atoms with E-state index >= 15 is 0 Å². The minimum atomic E-state index is -1.41. The predicted octanol–water partition coefficient (Wildman–Crippen LogP) is 3.45. The van der Waals surface area contributed by atoms with E-state index in [1.807, 2.05) is 12.1 Å². The van der Waals surface area contributed by atoms with Gasteiger partial charge in [-0.25, -0.2) is 0 Å². The molecule has 0 saturated carbocycles. The van der Waals surface area contributed by atoms with Crippen LogP contribution >= 0.6 is 24.2 Å². The van der Waals surface area contributed by atoms with Gasteiger partial charge in [0.1, 0.15) is 6.61 Å². The number of rotatable bonds is 9. The fourth-order valence-electron chi connectivity index (χ4n) is 2.56. The molecule has 0 fully saturated rings. The summed E-state index contributed by atoms with van der Waals surface area (Å²) in [4.78, 5) is 11.3. The molecule has 28 heavy (non-hydrogen) atoms. The van der Waals surface area contributed by atoms with E-state index in [1.165, 1.54) is 7.11 Å². The number of benzene rings is 2. The smallest absolute Gasteiger partial charge is 0.267 e. The highest BCUT2D eigenvalue weighted by Gasteiger charge is 2.36. The van der Waals surface area contributed by atoms with Gasteiger partial charge in [-0.1, -0.05) is 35.7 Å². The fraction of sp³-hybridized carbons (Fsp3) is 0.286. The molecule has 2 rings (SSSR count). The van der Waals surface area contributed by atoms with Crippen LogP contribution in [0.1, 0.15) is 11.1 Å². The van der Waals surface area contributed by atoms with Crippen molar-refractivity contribution in [2.75, 3.05) is 27.4 Å². The lowest BCUT2D eigenvalue weighted by atomic mass is 10.1. The number of hydrogen-bond donors (Lipinski definition) is 2. The first kappa shape index (κ1) is 22.0. The third kappa shape index (κ3) is 5.35. The molecule has 0 spiro atoms. The Balaban J connectivity index is 2.00. The molecule has 0 aliphatic rings. The number of hydrogen-bond acceptors (Lipinski definition) is 5. The average molecular weight is 420 g/mol. The van der Waals surface area contributed by atoms with E-state index in [1.54, 1.807) is 37.4 Å². The van der Waals surface area contributed by atoms with Crippen molar-refractivity contribution in [3.8, 4) is 23.8 Å². The van der Waals surface area contributed by atoms with Gasteiger partial charge in [0.25, 0.3) is 5.91 Å². The summed E-state index contributed by atoms with van der Waals surface area (Å²) >= 11 is 10.3. The highest BCUT2D eigenvalue weighted by atomic mass is 35.5. The lowest BCUT2D eigenvalue weighted by Gasteiger charge is -2.26. The standard InChI is InChI=1S/C21H22ClNO4S/c1-4-13-27-18-10-5-15(14-19(18)25-2)11-12-23-20(24)21(28,26-3)16-6-8-17(22)9-7-16/h1,5-10,14,28H,11-13H2,2-3H3,(H,23,24). The monoisotopic (exact) mass is 419 g/mol. The number of terminal acetylenes is 1. The van der Waals surface area contributed by atoms with Crippen LogP contribution in [0.4, 0.5) is 0 Å². The number of amides is 1. The van der Waals surface area contributed by atoms with Gasteiger partial charge in [0, 0.05) is 24.2 Å². The maximum Gasteiger partial charge on any atom is 0.267 e. The summed E-state index contributed by atoms with van der Waals surface area (Å²) in [6, 6.07) is 12.3. The number of carbonyl (C=O) groups excluding carboxylic acids is 1. The zero-order valence-corrected chi connectivity index (χ0v) is 17.3. The number of nitrogens with one attached hydrogen (secondary N) is 1. The van der Waals surface area contributed by atoms with Crippen LogP contribution in [0.3, 0.4) is 0 Å². The summed E-state index contributed by atoms with van der Waals surface area (Å²) in [5.41, 5.74) is 1.57. The van der Waals surface area contributed by atoms with Gasteiger partial charge >= 0.3 is 0 Å². The van der Waals surface area contributed by atoms with Gasteiger partial charge in [0.05, 0.1) is 7.11 Å². The molecule has 1 amide bonds. The Morgan fingerprint density at radius 2 is 1.93 bits per heavy atom. The fourth-order valence-corrected chi connectivity index (χ4v) is 2.92. The molecule has 0 saturated heterocycles. The third-order valence-electron chi connectivity index (χ3n) is 4.08. The van der Waals surface area contributed by atoms with Crippen LogP contribution in [0.15, 0.2) is 42.5 Å². The van der Waals surface area contributed by atoms with E-state index in [0.29, 0.717) is 35.1 Å². The highest BCUT2D eigenvalue weighted by Crippen LogP contribution is 2.31. The minimum absolute atomic E-state index is 0.164. The van der Waals surface area contributed by atoms with Crippen LogP contribution in [0.2, 0.25) is 5.02 Å². The summed E-state index contributed by atoms with van der Waals surface area (Å²) in [5, 5.41) is 3.42. The normalized spacial score (nSPS) is 12.5. The van der Waals surface area contributed by atoms with Crippen LogP contribution in [0, 0.1) is 12.3 Å². The van der Waals surface area contributed by atoms with Gasteiger partial charge < -0.3 is 19.5 Å². The maximum absolute atomic E-state index is 12.7. The van der Waals surface area contributed by atoms with Crippen LogP contribution in [-0.4, -0.2) is 33.3 Å². The SMILES string of the molecule is C#CCOc1ccc(CCNC(=O)C(S)(OC)c2ccc(Cl)cc2)cc1OC. The van der Waals surface area contributed by atoms with Gasteiger partial charge in [-0.05, 0) is 36.2 Å². The molecular formula is C21H22ClNO4S. The first-order chi connectivity index (χ1) is 13.4. The zero-order valence-electron chi connectivity index (χ0n) is 15.7. The number of halogens is 1. The quantitative estimate of drug-likeness (QED) is 0.371. The maximum atomic E-state index is 12.7. The highest BCUT2D eigenvalue weighted by molar-refractivity contribution is 7.82. The van der Waals surface area contributed by atoms with E-state index in [4.69, 9.17) is 32.2 Å². The van der Waals surface area contributed by atoms with Crippen LogP contribution in [0.25, 0.3) is 0 Å². The second-order valence-corrected chi connectivity index (χ2v) is 6.91. The molecule has 0 heterocycles. The Morgan fingerprint density at radius 1 is 1.21 bits per heavy atom. The van der Waals surface area contributed by atoms with Crippen molar-refractivity contribution in [1.29, 1.82) is 0 Å². The summed E-state index contributed by atoms with van der Waals surface area (Å²) < 4.78 is 16.1. The molecule has 0 radical (unpaired) electrons. The Morgan fingerprint density at radius 3 is 2.54 bits per heavy atom. The second kappa shape index (κ2) is 10.3. The second-order valence-electron chi connectivity index (χ2n) is 5.84. The summed E-state index contributed by atoms with van der Waals surface area (Å²) in [7, 11) is 2.99. The van der Waals surface area contributed by atoms with E-state index in [0.717, 1.165) is 5.56 Å².